The molecule has 2 unspecified atom stereocenters. The molecule has 0 bridgehead atoms. The smallest absolute Gasteiger partial charge is 0.119 e. The number of nitrogens with zero attached hydrogens (tertiary/aromatic N) is 1. The van der Waals surface area contributed by atoms with Crippen LogP contribution in [0, 0.1) is 5.92 Å². The molecule has 1 aliphatic rings. The van der Waals surface area contributed by atoms with Crippen molar-refractivity contribution < 1.29 is 14.6 Å². The van der Waals surface area contributed by atoms with Crippen molar-refractivity contribution in [3.05, 3.63) is 30.3 Å². The Morgan fingerprint density at radius 3 is 2.81 bits per heavy atom. The summed E-state index contributed by atoms with van der Waals surface area (Å²) >= 11 is 0. The lowest BCUT2D eigenvalue weighted by Crippen LogP contribution is -2.49. The van der Waals surface area contributed by atoms with Gasteiger partial charge in [-0.3, -0.25) is 4.90 Å². The van der Waals surface area contributed by atoms with E-state index < -0.39 is 6.10 Å². The predicted molar refractivity (Wildman–Crippen MR) is 83.6 cm³/mol. The van der Waals surface area contributed by atoms with Gasteiger partial charge in [-0.15, -0.1) is 0 Å². The average Bonchev–Trinajstić information content (AvgIpc) is 2.48. The Hall–Kier alpha value is -1.10. The van der Waals surface area contributed by atoms with Crippen molar-refractivity contribution in [2.24, 2.45) is 5.92 Å². The number of aliphatic hydroxyl groups is 1. The first-order valence-corrected chi connectivity index (χ1v) is 7.83. The van der Waals surface area contributed by atoms with Crippen LogP contribution in [0.5, 0.6) is 5.75 Å². The van der Waals surface area contributed by atoms with Gasteiger partial charge < -0.3 is 14.6 Å². The van der Waals surface area contributed by atoms with Crippen LogP contribution in [0.2, 0.25) is 0 Å². The molecule has 0 radical (unpaired) electrons. The fraction of sp³-hybridized carbons (Fsp3) is 0.647. The minimum atomic E-state index is -0.474. The van der Waals surface area contributed by atoms with Crippen LogP contribution in [0.1, 0.15) is 20.3 Å². The summed E-state index contributed by atoms with van der Waals surface area (Å²) in [5.41, 5.74) is 0. The van der Waals surface area contributed by atoms with Gasteiger partial charge in [0.1, 0.15) is 18.5 Å². The van der Waals surface area contributed by atoms with Gasteiger partial charge in [0.2, 0.25) is 0 Å². The van der Waals surface area contributed by atoms with E-state index in [1.54, 1.807) is 0 Å². The predicted octanol–water partition coefficient (Wildman–Crippen LogP) is 2.17. The van der Waals surface area contributed by atoms with E-state index in [0.29, 0.717) is 25.1 Å². The number of β-amino-alcohol motifs (C(OH)–C–C–N with tert-alkyl or cyclic N) is 1. The minimum absolute atomic E-state index is 0.329. The first-order chi connectivity index (χ1) is 10.1. The summed E-state index contributed by atoms with van der Waals surface area (Å²) in [6.07, 6.45) is 0.629. The summed E-state index contributed by atoms with van der Waals surface area (Å²) < 4.78 is 11.2. The minimum Gasteiger partial charge on any atom is -0.491 e. The Kier molecular flexibility index (Phi) is 6.49. The van der Waals surface area contributed by atoms with Gasteiger partial charge in [0.15, 0.2) is 0 Å². The lowest BCUT2D eigenvalue weighted by molar-refractivity contribution is -0.0381. The van der Waals surface area contributed by atoms with Gasteiger partial charge in [-0.1, -0.05) is 32.0 Å². The highest BCUT2D eigenvalue weighted by Crippen LogP contribution is 2.16. The molecule has 0 spiro atoms. The van der Waals surface area contributed by atoms with Gasteiger partial charge in [0.25, 0.3) is 0 Å². The number of aliphatic hydroxyl groups excluding tert-OH is 1. The molecule has 2 atom stereocenters. The molecular formula is C17H27NO3. The normalized spacial score (nSPS) is 21.4. The second-order valence-corrected chi connectivity index (χ2v) is 6.13. The van der Waals surface area contributed by atoms with Crippen LogP contribution in [0.25, 0.3) is 0 Å². The van der Waals surface area contributed by atoms with Crippen molar-refractivity contribution >= 4 is 0 Å². The molecule has 1 saturated heterocycles. The number of hydrogen-bond acceptors (Lipinski definition) is 4. The van der Waals surface area contributed by atoms with Crippen LogP contribution in [0.4, 0.5) is 0 Å². The number of para-hydroxylation sites is 1. The highest BCUT2D eigenvalue weighted by Gasteiger charge is 2.25. The topological polar surface area (TPSA) is 41.9 Å². The second-order valence-electron chi connectivity index (χ2n) is 6.13. The summed E-state index contributed by atoms with van der Waals surface area (Å²) in [6.45, 7) is 7.83. The van der Waals surface area contributed by atoms with E-state index in [9.17, 15) is 5.11 Å². The number of rotatable bonds is 7. The SMILES string of the molecule is CC(C)CC1COCCN1CC(O)COc1ccccc1. The van der Waals surface area contributed by atoms with E-state index in [1.165, 1.54) is 0 Å². The van der Waals surface area contributed by atoms with E-state index in [-0.39, 0.29) is 0 Å². The van der Waals surface area contributed by atoms with Crippen molar-refractivity contribution in [2.45, 2.75) is 32.4 Å². The third-order valence-corrected chi connectivity index (χ3v) is 3.72. The van der Waals surface area contributed by atoms with Crippen molar-refractivity contribution in [3.63, 3.8) is 0 Å². The zero-order chi connectivity index (χ0) is 15.1. The van der Waals surface area contributed by atoms with Gasteiger partial charge in [0.05, 0.1) is 13.2 Å². The molecule has 4 heteroatoms. The molecule has 1 heterocycles. The Morgan fingerprint density at radius 2 is 2.10 bits per heavy atom. The molecule has 21 heavy (non-hydrogen) atoms. The molecule has 1 aliphatic heterocycles. The summed E-state index contributed by atoms with van der Waals surface area (Å²) in [7, 11) is 0. The maximum atomic E-state index is 10.2. The summed E-state index contributed by atoms with van der Waals surface area (Å²) in [4.78, 5) is 2.34. The Balaban J connectivity index is 1.78. The van der Waals surface area contributed by atoms with Gasteiger partial charge in [-0.25, -0.2) is 0 Å². The summed E-state index contributed by atoms with van der Waals surface area (Å²) in [5, 5.41) is 10.2. The molecule has 0 amide bonds. The van der Waals surface area contributed by atoms with Crippen LogP contribution in [0.15, 0.2) is 30.3 Å². The molecule has 0 aliphatic carbocycles. The molecule has 4 nitrogen and oxygen atoms in total. The van der Waals surface area contributed by atoms with Crippen LogP contribution in [0.3, 0.4) is 0 Å². The fourth-order valence-electron chi connectivity index (χ4n) is 2.72. The maximum Gasteiger partial charge on any atom is 0.119 e. The van der Waals surface area contributed by atoms with Gasteiger partial charge in [-0.2, -0.15) is 0 Å². The molecular weight excluding hydrogens is 266 g/mol. The van der Waals surface area contributed by atoms with E-state index in [1.807, 2.05) is 30.3 Å². The second kappa shape index (κ2) is 8.37. The number of morpholine rings is 1. The molecule has 0 aromatic heterocycles. The van der Waals surface area contributed by atoms with Gasteiger partial charge in [-0.05, 0) is 24.5 Å². The van der Waals surface area contributed by atoms with Gasteiger partial charge >= 0.3 is 0 Å². The lowest BCUT2D eigenvalue weighted by Gasteiger charge is -2.37. The highest BCUT2D eigenvalue weighted by atomic mass is 16.5. The van der Waals surface area contributed by atoms with E-state index in [4.69, 9.17) is 9.47 Å². The number of benzene rings is 1. The zero-order valence-corrected chi connectivity index (χ0v) is 13.1. The number of ether oxygens (including phenoxy) is 2. The van der Waals surface area contributed by atoms with E-state index >= 15 is 0 Å². The summed E-state index contributed by atoms with van der Waals surface area (Å²) in [6, 6.07) is 10.0. The van der Waals surface area contributed by atoms with Gasteiger partial charge in [0, 0.05) is 19.1 Å². The van der Waals surface area contributed by atoms with Crippen LogP contribution >= 0.6 is 0 Å². The molecule has 1 N–H and O–H groups in total. The molecule has 1 aromatic carbocycles. The Morgan fingerprint density at radius 1 is 1.33 bits per heavy atom. The van der Waals surface area contributed by atoms with Crippen molar-refractivity contribution in [2.75, 3.05) is 32.9 Å². The fourth-order valence-corrected chi connectivity index (χ4v) is 2.72. The average molecular weight is 293 g/mol. The molecule has 118 valence electrons. The monoisotopic (exact) mass is 293 g/mol. The largest absolute Gasteiger partial charge is 0.491 e. The van der Waals surface area contributed by atoms with Crippen molar-refractivity contribution in [1.82, 2.24) is 4.90 Å². The first-order valence-electron chi connectivity index (χ1n) is 7.83. The lowest BCUT2D eigenvalue weighted by atomic mass is 10.0. The van der Waals surface area contributed by atoms with Crippen LogP contribution in [-0.4, -0.2) is 55.1 Å². The van der Waals surface area contributed by atoms with Crippen LogP contribution < -0.4 is 4.74 Å². The van der Waals surface area contributed by atoms with Crippen LogP contribution in [-0.2, 0) is 4.74 Å². The quantitative estimate of drug-likeness (QED) is 0.836. The Bertz CT molecular complexity index is 396. The molecule has 2 rings (SSSR count). The third-order valence-electron chi connectivity index (χ3n) is 3.72. The maximum absolute atomic E-state index is 10.2. The number of hydrogen-bond donors (Lipinski definition) is 1. The zero-order valence-electron chi connectivity index (χ0n) is 13.1. The standard InChI is InChI=1S/C17H27NO3/c1-14(2)10-15-12-20-9-8-18(15)11-16(19)13-21-17-6-4-3-5-7-17/h3-7,14-16,19H,8-13H2,1-2H3. The molecule has 0 saturated carbocycles. The highest BCUT2D eigenvalue weighted by molar-refractivity contribution is 5.20. The van der Waals surface area contributed by atoms with Crippen molar-refractivity contribution in [3.8, 4) is 5.75 Å². The van der Waals surface area contributed by atoms with Crippen molar-refractivity contribution in [1.29, 1.82) is 0 Å². The molecule has 1 aromatic rings. The Labute approximate surface area is 127 Å². The first kappa shape index (κ1) is 16.3. The van der Waals surface area contributed by atoms with E-state index in [0.717, 1.165) is 31.9 Å². The van der Waals surface area contributed by atoms with E-state index in [2.05, 4.69) is 18.7 Å². The summed E-state index contributed by atoms with van der Waals surface area (Å²) in [5.74, 6) is 1.44. The molecule has 1 fully saturated rings. The third kappa shape index (κ3) is 5.65.